The van der Waals surface area contributed by atoms with E-state index >= 15 is 0 Å². The fraction of sp³-hybridized carbons (Fsp3) is 0.591. The van der Waals surface area contributed by atoms with Crippen LogP contribution < -0.4 is 0 Å². The Morgan fingerprint density at radius 1 is 1.12 bits per heavy atom. The van der Waals surface area contributed by atoms with Crippen LogP contribution >= 0.6 is 0 Å². The van der Waals surface area contributed by atoms with Gasteiger partial charge in [0.2, 0.25) is 0 Å². The molecule has 1 aromatic heterocycles. The molecule has 0 amide bonds. The van der Waals surface area contributed by atoms with Gasteiger partial charge in [-0.2, -0.15) is 0 Å². The van der Waals surface area contributed by atoms with E-state index in [9.17, 15) is 4.39 Å². The molecule has 0 saturated heterocycles. The van der Waals surface area contributed by atoms with Crippen LogP contribution in [0.3, 0.4) is 0 Å². The minimum Gasteiger partial charge on any atom is -0.373 e. The van der Waals surface area contributed by atoms with Gasteiger partial charge in [-0.25, -0.2) is 4.39 Å². The lowest BCUT2D eigenvalue weighted by atomic mass is 9.87. The molecule has 2 unspecified atom stereocenters. The van der Waals surface area contributed by atoms with Crippen LogP contribution in [0.15, 0.2) is 22.7 Å². The molecular formula is C22H26FNO2. The summed E-state index contributed by atoms with van der Waals surface area (Å²) in [6.07, 6.45) is 9.06. The molecule has 3 aliphatic rings. The number of halogens is 1. The van der Waals surface area contributed by atoms with Crippen molar-refractivity contribution in [2.75, 3.05) is 0 Å². The third kappa shape index (κ3) is 2.98. The molecule has 0 radical (unpaired) electrons. The van der Waals surface area contributed by atoms with Crippen molar-refractivity contribution in [2.45, 2.75) is 70.5 Å². The first-order valence-electron chi connectivity index (χ1n) is 10.0. The van der Waals surface area contributed by atoms with Crippen LogP contribution in [0, 0.1) is 24.6 Å². The first kappa shape index (κ1) is 16.5. The molecule has 3 aliphatic carbocycles. The quantitative estimate of drug-likeness (QED) is 0.684. The van der Waals surface area contributed by atoms with Gasteiger partial charge in [-0.3, -0.25) is 0 Å². The van der Waals surface area contributed by atoms with Crippen molar-refractivity contribution in [1.82, 2.24) is 5.16 Å². The van der Waals surface area contributed by atoms with Crippen molar-refractivity contribution in [3.8, 4) is 11.3 Å². The molecule has 1 heterocycles. The van der Waals surface area contributed by atoms with Gasteiger partial charge in [0.1, 0.15) is 17.3 Å². The first-order chi connectivity index (χ1) is 12.7. The number of ether oxygens (including phenoxy) is 1. The number of hydrogen-bond donors (Lipinski definition) is 0. The van der Waals surface area contributed by atoms with Gasteiger partial charge in [-0.1, -0.05) is 30.1 Å². The molecule has 26 heavy (non-hydrogen) atoms. The molecule has 0 aliphatic heterocycles. The molecule has 4 heteroatoms. The van der Waals surface area contributed by atoms with Crippen LogP contribution in [0.1, 0.15) is 67.8 Å². The topological polar surface area (TPSA) is 35.3 Å². The van der Waals surface area contributed by atoms with E-state index in [0.29, 0.717) is 29.9 Å². The summed E-state index contributed by atoms with van der Waals surface area (Å²) < 4.78 is 26.6. The summed E-state index contributed by atoms with van der Waals surface area (Å²) in [4.78, 5) is 0. The smallest absolute Gasteiger partial charge is 0.145 e. The highest BCUT2D eigenvalue weighted by Crippen LogP contribution is 2.46. The number of aromatic nitrogens is 1. The predicted molar refractivity (Wildman–Crippen MR) is 97.3 cm³/mol. The lowest BCUT2D eigenvalue weighted by molar-refractivity contribution is -0.00127. The molecule has 2 bridgehead atoms. The summed E-state index contributed by atoms with van der Waals surface area (Å²) in [6.45, 7) is 2.41. The minimum absolute atomic E-state index is 0.238. The molecule has 3 nitrogen and oxygen atoms in total. The fourth-order valence-electron chi connectivity index (χ4n) is 5.04. The number of benzene rings is 1. The van der Waals surface area contributed by atoms with Crippen LogP contribution in [0.5, 0.6) is 0 Å². The van der Waals surface area contributed by atoms with Crippen molar-refractivity contribution in [3.05, 3.63) is 40.9 Å². The van der Waals surface area contributed by atoms with E-state index in [4.69, 9.17) is 9.26 Å². The fourth-order valence-corrected chi connectivity index (χ4v) is 5.04. The Hall–Kier alpha value is -1.68. The van der Waals surface area contributed by atoms with Crippen LogP contribution in [0.4, 0.5) is 4.39 Å². The highest BCUT2D eigenvalue weighted by atomic mass is 19.1. The Balaban J connectivity index is 1.42. The minimum atomic E-state index is -0.238. The van der Waals surface area contributed by atoms with E-state index in [1.165, 1.54) is 38.2 Å². The van der Waals surface area contributed by atoms with Gasteiger partial charge in [-0.05, 0) is 62.5 Å². The van der Waals surface area contributed by atoms with Gasteiger partial charge >= 0.3 is 0 Å². The molecule has 3 saturated carbocycles. The average molecular weight is 355 g/mol. The Labute approximate surface area is 153 Å². The number of rotatable bonds is 5. The van der Waals surface area contributed by atoms with Crippen molar-refractivity contribution in [3.63, 3.8) is 0 Å². The maximum absolute atomic E-state index is 14.5. The van der Waals surface area contributed by atoms with E-state index in [2.05, 4.69) is 5.16 Å². The van der Waals surface area contributed by atoms with Crippen molar-refractivity contribution in [2.24, 2.45) is 11.8 Å². The van der Waals surface area contributed by atoms with Gasteiger partial charge in [0.15, 0.2) is 0 Å². The Bertz CT molecular complexity index is 778. The predicted octanol–water partition coefficient (Wildman–Crippen LogP) is 5.76. The van der Waals surface area contributed by atoms with Gasteiger partial charge < -0.3 is 9.26 Å². The third-order valence-electron chi connectivity index (χ3n) is 6.53. The maximum Gasteiger partial charge on any atom is 0.145 e. The molecule has 0 N–H and O–H groups in total. The molecule has 1 aromatic carbocycles. The molecule has 5 rings (SSSR count). The zero-order chi connectivity index (χ0) is 17.7. The maximum atomic E-state index is 14.5. The molecule has 2 aromatic rings. The third-order valence-corrected chi connectivity index (χ3v) is 6.53. The second-order valence-corrected chi connectivity index (χ2v) is 8.53. The van der Waals surface area contributed by atoms with Crippen molar-refractivity contribution >= 4 is 0 Å². The van der Waals surface area contributed by atoms with E-state index in [1.54, 1.807) is 6.07 Å². The van der Waals surface area contributed by atoms with E-state index in [-0.39, 0.29) is 5.82 Å². The zero-order valence-electron chi connectivity index (χ0n) is 15.3. The monoisotopic (exact) mass is 355 g/mol. The van der Waals surface area contributed by atoms with E-state index in [1.807, 2.05) is 13.0 Å². The van der Waals surface area contributed by atoms with Crippen LogP contribution in [-0.2, 0) is 11.3 Å². The van der Waals surface area contributed by atoms with Crippen molar-refractivity contribution < 1.29 is 13.7 Å². The van der Waals surface area contributed by atoms with E-state index in [0.717, 1.165) is 41.6 Å². The highest BCUT2D eigenvalue weighted by molar-refractivity contribution is 5.68. The van der Waals surface area contributed by atoms with Gasteiger partial charge in [0, 0.05) is 17.0 Å². The van der Waals surface area contributed by atoms with Crippen molar-refractivity contribution in [1.29, 1.82) is 0 Å². The lowest BCUT2D eigenvalue weighted by Crippen LogP contribution is -2.23. The molecule has 3 atom stereocenters. The lowest BCUT2D eigenvalue weighted by Gasteiger charge is -2.27. The summed E-state index contributed by atoms with van der Waals surface area (Å²) >= 11 is 0. The number of fused-ring (bicyclic) bond motifs is 2. The van der Waals surface area contributed by atoms with Crippen LogP contribution in [0.2, 0.25) is 0 Å². The molecular weight excluding hydrogens is 329 g/mol. The zero-order valence-corrected chi connectivity index (χ0v) is 15.3. The van der Waals surface area contributed by atoms with Gasteiger partial charge in [0.25, 0.3) is 0 Å². The summed E-state index contributed by atoms with van der Waals surface area (Å²) in [5.74, 6) is 2.80. The molecule has 3 fully saturated rings. The van der Waals surface area contributed by atoms with Crippen LogP contribution in [-0.4, -0.2) is 11.3 Å². The number of aryl methyl sites for hydroxylation is 1. The summed E-state index contributed by atoms with van der Waals surface area (Å²) in [6, 6.07) is 5.16. The Morgan fingerprint density at radius 3 is 2.58 bits per heavy atom. The van der Waals surface area contributed by atoms with Crippen LogP contribution in [0.25, 0.3) is 11.3 Å². The number of nitrogens with zero attached hydrogens (tertiary/aromatic N) is 1. The molecule has 138 valence electrons. The SMILES string of the molecule is Cc1cccc(F)c1-c1noc(C2CC2)c1COC1CC2CC[C@@H](C2)C1. The van der Waals surface area contributed by atoms with Gasteiger partial charge in [0.05, 0.1) is 12.7 Å². The molecule has 0 spiro atoms. The number of hydrogen-bond acceptors (Lipinski definition) is 3. The summed E-state index contributed by atoms with van der Waals surface area (Å²) in [7, 11) is 0. The standard InChI is InChI=1S/C22H26FNO2/c1-13-3-2-4-19(23)20(13)21-18(22(26-24-21)16-7-8-16)12-25-17-10-14-5-6-15(9-14)11-17/h2-4,14-17H,5-12H2,1H3/t14-,15?,17?/m0/s1. The second kappa shape index (κ2) is 6.49. The average Bonchev–Trinajstić information content (AvgIpc) is 3.30. The summed E-state index contributed by atoms with van der Waals surface area (Å²) in [5, 5.41) is 4.28. The summed E-state index contributed by atoms with van der Waals surface area (Å²) in [5.41, 5.74) is 3.06. The van der Waals surface area contributed by atoms with Gasteiger partial charge in [-0.15, -0.1) is 0 Å². The normalized spacial score (nSPS) is 27.8. The Kier molecular flexibility index (Phi) is 4.11. The first-order valence-corrected chi connectivity index (χ1v) is 10.0. The highest BCUT2D eigenvalue weighted by Gasteiger charge is 2.36. The van der Waals surface area contributed by atoms with E-state index < -0.39 is 0 Å². The Morgan fingerprint density at radius 2 is 1.88 bits per heavy atom. The largest absolute Gasteiger partial charge is 0.373 e. The second-order valence-electron chi connectivity index (χ2n) is 8.53.